The molecule has 0 radical (unpaired) electrons. The van der Waals surface area contributed by atoms with Crippen LogP contribution in [0, 0.1) is 0 Å². The number of amides is 2. The summed E-state index contributed by atoms with van der Waals surface area (Å²) in [4.78, 5) is 38.0. The lowest BCUT2D eigenvalue weighted by molar-refractivity contribution is -0.122. The fourth-order valence-corrected chi connectivity index (χ4v) is 3.34. The van der Waals surface area contributed by atoms with Crippen LogP contribution in [0.2, 0.25) is 0 Å². The number of carbonyl (C=O) groups excluding carboxylic acids is 2. The molecule has 2 aliphatic rings. The molecule has 1 fully saturated rings. The van der Waals surface area contributed by atoms with Crippen LogP contribution in [0.15, 0.2) is 42.0 Å². The molecule has 2 N–H and O–H groups in total. The molecule has 0 saturated carbocycles. The van der Waals surface area contributed by atoms with Crippen LogP contribution < -0.4 is 24.4 Å². The number of hydrogen-bond acceptors (Lipinski definition) is 7. The first-order valence-electron chi connectivity index (χ1n) is 8.61. The van der Waals surface area contributed by atoms with Gasteiger partial charge in [0.2, 0.25) is 6.79 Å². The van der Waals surface area contributed by atoms with Gasteiger partial charge in [-0.25, -0.2) is 4.79 Å². The van der Waals surface area contributed by atoms with E-state index in [9.17, 15) is 19.5 Å². The summed E-state index contributed by atoms with van der Waals surface area (Å²) in [7, 11) is 1.45. The summed E-state index contributed by atoms with van der Waals surface area (Å²) >= 11 is 5.14. The highest BCUT2D eigenvalue weighted by Crippen LogP contribution is 2.39. The van der Waals surface area contributed by atoms with Crippen LogP contribution in [0.1, 0.15) is 15.9 Å². The number of carbonyl (C=O) groups is 3. The Hall–Kier alpha value is -3.92. The van der Waals surface area contributed by atoms with Gasteiger partial charge >= 0.3 is 5.97 Å². The largest absolute Gasteiger partial charge is 0.496 e. The Bertz CT molecular complexity index is 1140. The van der Waals surface area contributed by atoms with Gasteiger partial charge in [0, 0.05) is 11.6 Å². The fraction of sp³-hybridized carbons (Fsp3) is 0.100. The minimum Gasteiger partial charge on any atom is -0.496 e. The van der Waals surface area contributed by atoms with E-state index < -0.39 is 17.8 Å². The maximum atomic E-state index is 13.1. The maximum absolute atomic E-state index is 13.1. The van der Waals surface area contributed by atoms with Gasteiger partial charge in [-0.05, 0) is 42.6 Å². The Morgan fingerprint density at radius 3 is 2.67 bits per heavy atom. The molecule has 2 aromatic rings. The van der Waals surface area contributed by atoms with Gasteiger partial charge in [0.1, 0.15) is 11.3 Å². The maximum Gasteiger partial charge on any atom is 0.335 e. The van der Waals surface area contributed by atoms with Crippen molar-refractivity contribution in [3.8, 4) is 17.2 Å². The zero-order valence-electron chi connectivity index (χ0n) is 15.5. The summed E-state index contributed by atoms with van der Waals surface area (Å²) in [5, 5.41) is 11.5. The highest BCUT2D eigenvalue weighted by Gasteiger charge is 2.35. The van der Waals surface area contributed by atoms with E-state index in [1.54, 1.807) is 12.1 Å². The first-order chi connectivity index (χ1) is 14.4. The summed E-state index contributed by atoms with van der Waals surface area (Å²) < 4.78 is 16.0. The lowest BCUT2D eigenvalue weighted by atomic mass is 10.0. The third kappa shape index (κ3) is 3.33. The number of carboxylic acids is 1. The molecule has 10 heteroatoms. The first-order valence-corrected chi connectivity index (χ1v) is 9.02. The molecule has 0 atom stereocenters. The van der Waals surface area contributed by atoms with Crippen LogP contribution in [0.5, 0.6) is 17.2 Å². The van der Waals surface area contributed by atoms with E-state index in [1.165, 1.54) is 37.5 Å². The molecule has 4 rings (SSSR count). The van der Waals surface area contributed by atoms with Crippen LogP contribution >= 0.6 is 12.2 Å². The molecule has 0 spiro atoms. The smallest absolute Gasteiger partial charge is 0.335 e. The molecule has 2 aliphatic heterocycles. The lowest BCUT2D eigenvalue weighted by Gasteiger charge is -2.29. The highest BCUT2D eigenvalue weighted by molar-refractivity contribution is 7.80. The highest BCUT2D eigenvalue weighted by atomic mass is 32.1. The van der Waals surface area contributed by atoms with Crippen molar-refractivity contribution in [2.75, 3.05) is 18.8 Å². The van der Waals surface area contributed by atoms with Crippen LogP contribution in [-0.4, -0.2) is 41.9 Å². The number of anilines is 1. The predicted octanol–water partition coefficient (Wildman–Crippen LogP) is 1.95. The summed E-state index contributed by atoms with van der Waals surface area (Å²) in [6, 6.07) is 8.87. The average molecular weight is 426 g/mol. The number of rotatable bonds is 4. The number of methoxy groups -OCH3 is 1. The summed E-state index contributed by atoms with van der Waals surface area (Å²) in [6.45, 7) is 0.0555. The number of nitrogens with zero attached hydrogens (tertiary/aromatic N) is 1. The second-order valence-electron chi connectivity index (χ2n) is 6.26. The number of hydrogen-bond donors (Lipinski definition) is 2. The first kappa shape index (κ1) is 19.4. The van der Waals surface area contributed by atoms with E-state index in [0.717, 1.165) is 4.90 Å². The molecule has 30 heavy (non-hydrogen) atoms. The standard InChI is InChI=1S/C20H14N2O7S/c1-27-14-8-16-15(28-9-29-16)7-11(14)6-13-17(23)21-20(30)22(18(13)24)12-4-2-3-10(5-12)19(25)26/h2-8H,9H2,1H3,(H,25,26)(H,21,23,30)/b13-6+. The molecule has 1 saturated heterocycles. The van der Waals surface area contributed by atoms with E-state index in [0.29, 0.717) is 22.8 Å². The van der Waals surface area contributed by atoms with Crippen LogP contribution in [0.25, 0.3) is 6.08 Å². The van der Waals surface area contributed by atoms with Gasteiger partial charge in [0.25, 0.3) is 11.8 Å². The number of carboxylic acid groups (broad SMARTS) is 1. The van der Waals surface area contributed by atoms with Crippen molar-refractivity contribution in [1.29, 1.82) is 0 Å². The third-order valence-corrected chi connectivity index (χ3v) is 4.76. The third-order valence-electron chi connectivity index (χ3n) is 4.48. The van der Waals surface area contributed by atoms with E-state index in [-0.39, 0.29) is 28.7 Å². The van der Waals surface area contributed by atoms with Gasteiger partial charge in [0.15, 0.2) is 16.6 Å². The van der Waals surface area contributed by atoms with Gasteiger partial charge in [-0.1, -0.05) is 6.07 Å². The number of nitrogens with one attached hydrogen (secondary N) is 1. The van der Waals surface area contributed by atoms with Crippen molar-refractivity contribution < 1.29 is 33.7 Å². The molecule has 2 aromatic carbocycles. The zero-order valence-corrected chi connectivity index (χ0v) is 16.3. The van der Waals surface area contributed by atoms with E-state index >= 15 is 0 Å². The van der Waals surface area contributed by atoms with Crippen molar-refractivity contribution in [1.82, 2.24) is 5.32 Å². The van der Waals surface area contributed by atoms with Crippen molar-refractivity contribution in [3.05, 3.63) is 53.1 Å². The molecule has 2 amide bonds. The Morgan fingerprint density at radius 1 is 1.23 bits per heavy atom. The van der Waals surface area contributed by atoms with Gasteiger partial charge in [-0.3, -0.25) is 19.8 Å². The van der Waals surface area contributed by atoms with Crippen LogP contribution in [0.4, 0.5) is 5.69 Å². The van der Waals surface area contributed by atoms with E-state index in [4.69, 9.17) is 26.4 Å². The minimum atomic E-state index is -1.16. The number of thiocarbonyl (C=S) groups is 1. The predicted molar refractivity (Wildman–Crippen MR) is 109 cm³/mol. The Balaban J connectivity index is 1.77. The van der Waals surface area contributed by atoms with E-state index in [2.05, 4.69) is 5.32 Å². The van der Waals surface area contributed by atoms with Crippen molar-refractivity contribution in [3.63, 3.8) is 0 Å². The molecule has 9 nitrogen and oxygen atoms in total. The fourth-order valence-electron chi connectivity index (χ4n) is 3.05. The Morgan fingerprint density at radius 2 is 1.97 bits per heavy atom. The second-order valence-corrected chi connectivity index (χ2v) is 6.65. The van der Waals surface area contributed by atoms with Crippen molar-refractivity contribution in [2.24, 2.45) is 0 Å². The SMILES string of the molecule is COc1cc2c(cc1/C=C1\C(=O)NC(=S)N(c3cccc(C(=O)O)c3)C1=O)OCO2. The molecule has 152 valence electrons. The normalized spacial score (nSPS) is 16.6. The topological polar surface area (TPSA) is 114 Å². The number of ether oxygens (including phenoxy) is 3. The van der Waals surface area contributed by atoms with Gasteiger partial charge in [0.05, 0.1) is 18.4 Å². The molecular formula is C20H14N2O7S. The lowest BCUT2D eigenvalue weighted by Crippen LogP contribution is -2.54. The molecule has 2 heterocycles. The summed E-state index contributed by atoms with van der Waals surface area (Å²) in [6.07, 6.45) is 1.36. The van der Waals surface area contributed by atoms with Crippen LogP contribution in [0.3, 0.4) is 0 Å². The number of fused-ring (bicyclic) bond motifs is 1. The average Bonchev–Trinajstić information content (AvgIpc) is 3.17. The Labute approximate surface area is 175 Å². The summed E-state index contributed by atoms with van der Waals surface area (Å²) in [5.74, 6) is -1.23. The van der Waals surface area contributed by atoms with Gasteiger partial charge in [-0.2, -0.15) is 0 Å². The van der Waals surface area contributed by atoms with E-state index in [1.807, 2.05) is 0 Å². The molecular weight excluding hydrogens is 412 g/mol. The quantitative estimate of drug-likeness (QED) is 0.433. The molecule has 0 unspecified atom stereocenters. The van der Waals surface area contributed by atoms with Gasteiger partial charge in [-0.15, -0.1) is 0 Å². The van der Waals surface area contributed by atoms with Crippen LogP contribution in [-0.2, 0) is 9.59 Å². The Kier molecular flexibility index (Phi) is 4.84. The minimum absolute atomic E-state index is 0.0250. The molecule has 0 aliphatic carbocycles. The monoisotopic (exact) mass is 426 g/mol. The molecule has 0 aromatic heterocycles. The van der Waals surface area contributed by atoms with Crippen molar-refractivity contribution in [2.45, 2.75) is 0 Å². The molecule has 0 bridgehead atoms. The summed E-state index contributed by atoms with van der Waals surface area (Å²) in [5.41, 5.74) is 0.408. The van der Waals surface area contributed by atoms with Gasteiger partial charge < -0.3 is 19.3 Å². The number of benzene rings is 2. The zero-order chi connectivity index (χ0) is 21.4. The van der Waals surface area contributed by atoms with Crippen molar-refractivity contribution >= 4 is 46.9 Å². The number of aromatic carboxylic acids is 1. The second kappa shape index (κ2) is 7.48.